The number of nitro groups is 1. The molecular formula is C14H8Cl3N3O4. The van der Waals surface area contributed by atoms with E-state index >= 15 is 0 Å². The van der Waals surface area contributed by atoms with Crippen molar-refractivity contribution < 1.29 is 14.6 Å². The Bertz CT molecular complexity index is 855. The van der Waals surface area contributed by atoms with Crippen LogP contribution in [-0.2, 0) is 4.84 Å². The van der Waals surface area contributed by atoms with E-state index in [4.69, 9.17) is 40.5 Å². The zero-order valence-corrected chi connectivity index (χ0v) is 14.0. The lowest BCUT2D eigenvalue weighted by Gasteiger charge is -2.04. The van der Waals surface area contributed by atoms with E-state index in [-0.39, 0.29) is 21.4 Å². The average molecular weight is 389 g/mol. The first-order chi connectivity index (χ1) is 11.3. The molecule has 0 spiro atoms. The van der Waals surface area contributed by atoms with Crippen molar-refractivity contribution in [3.05, 3.63) is 72.7 Å². The van der Waals surface area contributed by atoms with Gasteiger partial charge in [-0.25, -0.2) is 4.79 Å². The van der Waals surface area contributed by atoms with Crippen LogP contribution in [0.2, 0.25) is 15.1 Å². The monoisotopic (exact) mass is 387 g/mol. The molecule has 0 fully saturated rings. The van der Waals surface area contributed by atoms with E-state index in [9.17, 15) is 14.9 Å². The van der Waals surface area contributed by atoms with Gasteiger partial charge in [0.25, 0.3) is 5.69 Å². The maximum atomic E-state index is 11.9. The van der Waals surface area contributed by atoms with Gasteiger partial charge in [-0.2, -0.15) is 0 Å². The van der Waals surface area contributed by atoms with Crippen molar-refractivity contribution in [1.82, 2.24) is 0 Å². The van der Waals surface area contributed by atoms with Crippen LogP contribution in [0.25, 0.3) is 0 Å². The Morgan fingerprint density at radius 1 is 1.12 bits per heavy atom. The third-order valence-electron chi connectivity index (χ3n) is 2.81. The minimum atomic E-state index is -0.942. The molecule has 0 aromatic heterocycles. The zero-order chi connectivity index (χ0) is 17.9. The summed E-state index contributed by atoms with van der Waals surface area (Å²) >= 11 is 17.4. The molecule has 0 aliphatic rings. The first kappa shape index (κ1) is 18.0. The summed E-state index contributed by atoms with van der Waals surface area (Å²) in [5.74, 6) is -1.10. The molecule has 2 aromatic rings. The standard InChI is InChI=1S/C14H8Cl3N3O4/c15-8-2-3-9(11(17)6-8)13(18)19-24-14(21)7-1-4-10(16)12(5-7)20(22)23/h1-6H,(H2,18,19). The van der Waals surface area contributed by atoms with Crippen molar-refractivity contribution in [2.75, 3.05) is 0 Å². The van der Waals surface area contributed by atoms with Crippen LogP contribution < -0.4 is 5.73 Å². The number of rotatable bonds is 4. The van der Waals surface area contributed by atoms with Gasteiger partial charge in [0.2, 0.25) is 0 Å². The van der Waals surface area contributed by atoms with Crippen molar-refractivity contribution in [2.45, 2.75) is 0 Å². The molecule has 0 aliphatic heterocycles. The third kappa shape index (κ3) is 4.14. The Hall–Kier alpha value is -2.35. The molecule has 0 aliphatic carbocycles. The van der Waals surface area contributed by atoms with E-state index in [1.165, 1.54) is 30.3 Å². The van der Waals surface area contributed by atoms with E-state index < -0.39 is 16.6 Å². The number of amidine groups is 1. The minimum Gasteiger partial charge on any atom is -0.380 e. The van der Waals surface area contributed by atoms with Gasteiger partial charge in [0.15, 0.2) is 5.84 Å². The second kappa shape index (κ2) is 7.48. The van der Waals surface area contributed by atoms with Crippen molar-refractivity contribution >= 4 is 52.3 Å². The molecule has 0 heterocycles. The predicted molar refractivity (Wildman–Crippen MR) is 90.7 cm³/mol. The molecule has 0 saturated carbocycles. The molecule has 0 radical (unpaired) electrons. The summed E-state index contributed by atoms with van der Waals surface area (Å²) in [4.78, 5) is 26.7. The summed E-state index contributed by atoms with van der Waals surface area (Å²) in [6.45, 7) is 0. The molecule has 124 valence electrons. The van der Waals surface area contributed by atoms with E-state index in [1.54, 1.807) is 0 Å². The third-order valence-corrected chi connectivity index (χ3v) is 3.68. The number of hydrogen-bond acceptors (Lipinski definition) is 5. The predicted octanol–water partition coefficient (Wildman–Crippen LogP) is 4.03. The molecular weight excluding hydrogens is 381 g/mol. The summed E-state index contributed by atoms with van der Waals surface area (Å²) in [6.07, 6.45) is 0. The van der Waals surface area contributed by atoms with E-state index in [0.717, 1.165) is 6.07 Å². The number of carbonyl (C=O) groups is 1. The number of carbonyl (C=O) groups excluding carboxylic acids is 1. The number of benzene rings is 2. The molecule has 7 nitrogen and oxygen atoms in total. The Morgan fingerprint density at radius 2 is 1.83 bits per heavy atom. The second-order valence-corrected chi connectivity index (χ2v) is 5.65. The second-order valence-electron chi connectivity index (χ2n) is 4.40. The summed E-state index contributed by atoms with van der Waals surface area (Å²) in [5.41, 5.74) is 5.47. The highest BCUT2D eigenvalue weighted by Crippen LogP contribution is 2.25. The van der Waals surface area contributed by atoms with Crippen LogP contribution in [0.3, 0.4) is 0 Å². The van der Waals surface area contributed by atoms with Crippen LogP contribution in [0.4, 0.5) is 5.69 Å². The average Bonchev–Trinajstić information content (AvgIpc) is 2.52. The van der Waals surface area contributed by atoms with Crippen molar-refractivity contribution in [3.8, 4) is 0 Å². The molecule has 2 rings (SSSR count). The first-order valence-corrected chi connectivity index (χ1v) is 7.37. The maximum Gasteiger partial charge on any atom is 0.366 e. The Balaban J connectivity index is 2.20. The quantitative estimate of drug-likeness (QED) is 0.280. The van der Waals surface area contributed by atoms with Crippen molar-refractivity contribution in [3.63, 3.8) is 0 Å². The smallest absolute Gasteiger partial charge is 0.366 e. The molecule has 0 atom stereocenters. The molecule has 0 saturated heterocycles. The minimum absolute atomic E-state index is 0.104. The largest absolute Gasteiger partial charge is 0.380 e. The van der Waals surface area contributed by atoms with Gasteiger partial charge in [0, 0.05) is 16.7 Å². The highest BCUT2D eigenvalue weighted by atomic mass is 35.5. The molecule has 2 N–H and O–H groups in total. The number of nitro benzene ring substituents is 1. The van der Waals surface area contributed by atoms with Crippen LogP contribution in [-0.4, -0.2) is 16.7 Å². The Labute approximate surface area is 150 Å². The van der Waals surface area contributed by atoms with E-state index in [0.29, 0.717) is 10.6 Å². The van der Waals surface area contributed by atoms with Crippen LogP contribution in [0.1, 0.15) is 15.9 Å². The van der Waals surface area contributed by atoms with Gasteiger partial charge in [-0.15, -0.1) is 0 Å². The van der Waals surface area contributed by atoms with Crippen molar-refractivity contribution in [2.24, 2.45) is 10.9 Å². The van der Waals surface area contributed by atoms with Gasteiger partial charge < -0.3 is 10.6 Å². The lowest BCUT2D eigenvalue weighted by molar-refractivity contribution is -0.384. The topological polar surface area (TPSA) is 108 Å². The fraction of sp³-hybridized carbons (Fsp3) is 0. The van der Waals surface area contributed by atoms with E-state index in [2.05, 4.69) is 9.99 Å². The van der Waals surface area contributed by atoms with Crippen LogP contribution >= 0.6 is 34.8 Å². The number of nitrogens with two attached hydrogens (primary N) is 1. The highest BCUT2D eigenvalue weighted by Gasteiger charge is 2.17. The summed E-state index contributed by atoms with van der Waals surface area (Å²) in [5, 5.41) is 14.8. The maximum absolute atomic E-state index is 11.9. The summed E-state index contributed by atoms with van der Waals surface area (Å²) in [7, 11) is 0. The number of nitrogens with zero attached hydrogens (tertiary/aromatic N) is 2. The fourth-order valence-electron chi connectivity index (χ4n) is 1.67. The highest BCUT2D eigenvalue weighted by molar-refractivity contribution is 6.37. The molecule has 10 heteroatoms. The molecule has 0 bridgehead atoms. The van der Waals surface area contributed by atoms with Gasteiger partial charge >= 0.3 is 5.97 Å². The normalized spacial score (nSPS) is 11.2. The van der Waals surface area contributed by atoms with Crippen LogP contribution in [0.15, 0.2) is 41.6 Å². The Kier molecular flexibility index (Phi) is 5.61. The molecule has 0 unspecified atom stereocenters. The zero-order valence-electron chi connectivity index (χ0n) is 11.7. The van der Waals surface area contributed by atoms with E-state index in [1.807, 2.05) is 0 Å². The Morgan fingerprint density at radius 3 is 2.46 bits per heavy atom. The number of halogens is 3. The van der Waals surface area contributed by atoms with Crippen LogP contribution in [0, 0.1) is 10.1 Å². The summed E-state index contributed by atoms with van der Waals surface area (Å²) in [6, 6.07) is 7.94. The van der Waals surface area contributed by atoms with Gasteiger partial charge in [-0.1, -0.05) is 40.0 Å². The number of hydrogen-bond donors (Lipinski definition) is 1. The van der Waals surface area contributed by atoms with Crippen LogP contribution in [0.5, 0.6) is 0 Å². The summed E-state index contributed by atoms with van der Waals surface area (Å²) < 4.78 is 0. The van der Waals surface area contributed by atoms with Gasteiger partial charge in [0.1, 0.15) is 5.02 Å². The molecule has 2 aromatic carbocycles. The van der Waals surface area contributed by atoms with Crippen molar-refractivity contribution in [1.29, 1.82) is 0 Å². The molecule has 24 heavy (non-hydrogen) atoms. The molecule has 0 amide bonds. The SMILES string of the molecule is N/C(=N\OC(=O)c1ccc(Cl)c([N+](=O)[O-])c1)c1ccc(Cl)cc1Cl. The lowest BCUT2D eigenvalue weighted by atomic mass is 10.2. The number of oxime groups is 1. The lowest BCUT2D eigenvalue weighted by Crippen LogP contribution is -2.16. The van der Waals surface area contributed by atoms with Gasteiger partial charge in [-0.05, 0) is 30.3 Å². The fourth-order valence-corrected chi connectivity index (χ4v) is 2.36. The first-order valence-electron chi connectivity index (χ1n) is 6.23. The van der Waals surface area contributed by atoms with Gasteiger partial charge in [0.05, 0.1) is 15.5 Å². The van der Waals surface area contributed by atoms with Gasteiger partial charge in [-0.3, -0.25) is 10.1 Å².